The number of fused-ring (bicyclic) bond motifs is 1. The molecule has 0 spiro atoms. The molecule has 4 heteroatoms. The van der Waals surface area contributed by atoms with E-state index in [4.69, 9.17) is 5.73 Å². The molecule has 1 aromatic heterocycles. The number of nitrogens with zero attached hydrogens (tertiary/aromatic N) is 2. The lowest BCUT2D eigenvalue weighted by Gasteiger charge is -2.36. The van der Waals surface area contributed by atoms with Crippen molar-refractivity contribution >= 4 is 21.4 Å². The standard InChI is InChI=1S/C17H27N3S/c1-5-20(13(2)11-19(3)4)16(10-18)15-12-21-17-9-7-6-8-14(15)17/h6-9,12-13,16H,5,10-11,18H2,1-4H3. The van der Waals surface area contributed by atoms with Crippen LogP contribution in [-0.2, 0) is 0 Å². The minimum Gasteiger partial charge on any atom is -0.329 e. The lowest BCUT2D eigenvalue weighted by atomic mass is 10.0. The second-order valence-electron chi connectivity index (χ2n) is 5.88. The summed E-state index contributed by atoms with van der Waals surface area (Å²) < 4.78 is 1.35. The Hall–Kier alpha value is -0.940. The molecule has 2 unspecified atom stereocenters. The lowest BCUT2D eigenvalue weighted by molar-refractivity contribution is 0.132. The van der Waals surface area contributed by atoms with Crippen molar-refractivity contribution in [1.82, 2.24) is 9.80 Å². The summed E-state index contributed by atoms with van der Waals surface area (Å²) in [6.07, 6.45) is 0. The topological polar surface area (TPSA) is 32.5 Å². The Morgan fingerprint density at radius 3 is 2.57 bits per heavy atom. The number of rotatable bonds is 7. The Kier molecular flexibility index (Phi) is 5.76. The number of benzene rings is 1. The summed E-state index contributed by atoms with van der Waals surface area (Å²) in [7, 11) is 4.25. The maximum atomic E-state index is 6.15. The summed E-state index contributed by atoms with van der Waals surface area (Å²) in [5, 5.41) is 3.64. The molecule has 0 aliphatic carbocycles. The molecule has 1 aromatic carbocycles. The molecule has 1 heterocycles. The van der Waals surface area contributed by atoms with Crippen LogP contribution in [0.15, 0.2) is 29.6 Å². The second-order valence-corrected chi connectivity index (χ2v) is 6.79. The SMILES string of the molecule is CCN(C(C)CN(C)C)C(CN)c1csc2ccccc12. The van der Waals surface area contributed by atoms with Gasteiger partial charge in [-0.1, -0.05) is 25.1 Å². The number of thiophene rings is 1. The minimum atomic E-state index is 0.293. The van der Waals surface area contributed by atoms with Crippen molar-refractivity contribution in [1.29, 1.82) is 0 Å². The third-order valence-corrected chi connectivity index (χ3v) is 5.04. The van der Waals surface area contributed by atoms with Crippen LogP contribution in [0.3, 0.4) is 0 Å². The van der Waals surface area contributed by atoms with Gasteiger partial charge >= 0.3 is 0 Å². The molecular formula is C17H27N3S. The van der Waals surface area contributed by atoms with Crippen molar-refractivity contribution in [2.24, 2.45) is 5.73 Å². The molecule has 0 amide bonds. The van der Waals surface area contributed by atoms with Crippen molar-refractivity contribution < 1.29 is 0 Å². The van der Waals surface area contributed by atoms with E-state index in [1.165, 1.54) is 15.6 Å². The van der Waals surface area contributed by atoms with Crippen molar-refractivity contribution in [2.45, 2.75) is 25.9 Å². The molecule has 0 bridgehead atoms. The molecule has 0 saturated carbocycles. The van der Waals surface area contributed by atoms with E-state index < -0.39 is 0 Å². The van der Waals surface area contributed by atoms with Crippen molar-refractivity contribution in [3.8, 4) is 0 Å². The molecule has 0 aliphatic heterocycles. The smallest absolute Gasteiger partial charge is 0.0488 e. The predicted octanol–water partition coefficient (Wildman–Crippen LogP) is 3.17. The highest BCUT2D eigenvalue weighted by Gasteiger charge is 2.25. The minimum absolute atomic E-state index is 0.293. The van der Waals surface area contributed by atoms with Gasteiger partial charge in [-0.15, -0.1) is 11.3 Å². The van der Waals surface area contributed by atoms with Crippen molar-refractivity contribution in [2.75, 3.05) is 33.7 Å². The zero-order chi connectivity index (χ0) is 15.4. The van der Waals surface area contributed by atoms with Crippen LogP contribution in [0.25, 0.3) is 10.1 Å². The summed E-state index contributed by atoms with van der Waals surface area (Å²) in [6.45, 7) is 7.24. The van der Waals surface area contributed by atoms with Crippen molar-refractivity contribution in [3.05, 3.63) is 35.2 Å². The maximum absolute atomic E-state index is 6.15. The summed E-state index contributed by atoms with van der Waals surface area (Å²) in [5.74, 6) is 0. The highest BCUT2D eigenvalue weighted by Crippen LogP contribution is 2.33. The molecule has 2 rings (SSSR count). The van der Waals surface area contributed by atoms with Gasteiger partial charge in [0.1, 0.15) is 0 Å². The zero-order valence-corrected chi connectivity index (χ0v) is 14.4. The van der Waals surface area contributed by atoms with Gasteiger partial charge in [0.05, 0.1) is 0 Å². The number of hydrogen-bond acceptors (Lipinski definition) is 4. The van der Waals surface area contributed by atoms with Crippen LogP contribution in [0.5, 0.6) is 0 Å². The first-order valence-corrected chi connectivity index (χ1v) is 8.53. The van der Waals surface area contributed by atoms with E-state index in [0.29, 0.717) is 18.6 Å². The molecular weight excluding hydrogens is 278 g/mol. The first-order valence-electron chi connectivity index (χ1n) is 7.65. The van der Waals surface area contributed by atoms with Gasteiger partial charge in [0, 0.05) is 29.9 Å². The van der Waals surface area contributed by atoms with Gasteiger partial charge in [0.25, 0.3) is 0 Å². The fraction of sp³-hybridized carbons (Fsp3) is 0.529. The zero-order valence-electron chi connectivity index (χ0n) is 13.5. The molecule has 116 valence electrons. The van der Waals surface area contributed by atoms with Gasteiger partial charge in [-0.05, 0) is 50.0 Å². The largest absolute Gasteiger partial charge is 0.329 e. The van der Waals surface area contributed by atoms with Crippen LogP contribution in [0.4, 0.5) is 0 Å². The molecule has 0 aliphatic rings. The quantitative estimate of drug-likeness (QED) is 0.853. The summed E-state index contributed by atoms with van der Waals surface area (Å²) >= 11 is 1.82. The van der Waals surface area contributed by atoms with Gasteiger partial charge in [-0.2, -0.15) is 0 Å². The molecule has 21 heavy (non-hydrogen) atoms. The molecule has 0 fully saturated rings. The Labute approximate surface area is 132 Å². The first-order chi connectivity index (χ1) is 10.1. The summed E-state index contributed by atoms with van der Waals surface area (Å²) in [6, 6.07) is 9.40. The van der Waals surface area contributed by atoms with E-state index in [9.17, 15) is 0 Å². The van der Waals surface area contributed by atoms with Gasteiger partial charge < -0.3 is 10.6 Å². The highest BCUT2D eigenvalue weighted by molar-refractivity contribution is 7.17. The van der Waals surface area contributed by atoms with Crippen LogP contribution >= 0.6 is 11.3 Å². The van der Waals surface area contributed by atoms with E-state index in [-0.39, 0.29) is 0 Å². The maximum Gasteiger partial charge on any atom is 0.0488 e. The summed E-state index contributed by atoms with van der Waals surface area (Å²) in [5.41, 5.74) is 7.53. The third kappa shape index (κ3) is 3.64. The highest BCUT2D eigenvalue weighted by atomic mass is 32.1. The Bertz CT molecular complexity index is 564. The van der Waals surface area contributed by atoms with Crippen LogP contribution in [0, 0.1) is 0 Å². The molecule has 3 nitrogen and oxygen atoms in total. The van der Waals surface area contributed by atoms with E-state index in [1.807, 2.05) is 11.3 Å². The van der Waals surface area contributed by atoms with Gasteiger partial charge in [0.2, 0.25) is 0 Å². The fourth-order valence-electron chi connectivity index (χ4n) is 3.17. The van der Waals surface area contributed by atoms with Crippen LogP contribution in [0.1, 0.15) is 25.5 Å². The van der Waals surface area contributed by atoms with Crippen LogP contribution in [-0.4, -0.2) is 49.6 Å². The van der Waals surface area contributed by atoms with Gasteiger partial charge in [-0.25, -0.2) is 0 Å². The normalized spacial score (nSPS) is 15.0. The Balaban J connectivity index is 2.32. The number of nitrogens with two attached hydrogens (primary N) is 1. The molecule has 0 saturated heterocycles. The van der Waals surface area contributed by atoms with E-state index >= 15 is 0 Å². The Morgan fingerprint density at radius 1 is 1.24 bits per heavy atom. The molecule has 2 N–H and O–H groups in total. The second kappa shape index (κ2) is 7.36. The molecule has 0 radical (unpaired) electrons. The van der Waals surface area contributed by atoms with E-state index in [1.54, 1.807) is 0 Å². The monoisotopic (exact) mass is 305 g/mol. The average Bonchev–Trinajstić information content (AvgIpc) is 2.87. The van der Waals surface area contributed by atoms with E-state index in [0.717, 1.165) is 13.1 Å². The van der Waals surface area contributed by atoms with Crippen LogP contribution in [0.2, 0.25) is 0 Å². The summed E-state index contributed by atoms with van der Waals surface area (Å²) in [4.78, 5) is 4.77. The lowest BCUT2D eigenvalue weighted by Crippen LogP contribution is -2.44. The van der Waals surface area contributed by atoms with Gasteiger partial charge in [-0.3, -0.25) is 4.90 Å². The fourth-order valence-corrected chi connectivity index (χ4v) is 4.18. The van der Waals surface area contributed by atoms with E-state index in [2.05, 4.69) is 67.4 Å². The average molecular weight is 305 g/mol. The predicted molar refractivity (Wildman–Crippen MR) is 94.0 cm³/mol. The molecule has 2 aromatic rings. The third-order valence-electron chi connectivity index (χ3n) is 4.05. The Morgan fingerprint density at radius 2 is 1.95 bits per heavy atom. The number of hydrogen-bond donors (Lipinski definition) is 1. The first kappa shape index (κ1) is 16.4. The van der Waals surface area contributed by atoms with Gasteiger partial charge in [0.15, 0.2) is 0 Å². The van der Waals surface area contributed by atoms with Crippen molar-refractivity contribution in [3.63, 3.8) is 0 Å². The van der Waals surface area contributed by atoms with Crippen LogP contribution < -0.4 is 5.73 Å². The number of likely N-dealkylation sites (N-methyl/N-ethyl adjacent to an activating group) is 2. The molecule has 2 atom stereocenters.